The summed E-state index contributed by atoms with van der Waals surface area (Å²) in [5.74, 6) is 0.894. The molecule has 2 aromatic carbocycles. The molecule has 0 radical (unpaired) electrons. The fourth-order valence-electron chi connectivity index (χ4n) is 3.66. The van der Waals surface area contributed by atoms with Crippen LogP contribution in [0.3, 0.4) is 0 Å². The summed E-state index contributed by atoms with van der Waals surface area (Å²) >= 11 is 6.11. The Hall–Kier alpha value is -3.85. The van der Waals surface area contributed by atoms with Crippen LogP contribution >= 0.6 is 11.6 Å². The topological polar surface area (TPSA) is 92.1 Å². The Labute approximate surface area is 202 Å². The average Bonchev–Trinajstić information content (AvgIpc) is 2.85. The van der Waals surface area contributed by atoms with Gasteiger partial charge in [-0.25, -0.2) is 10.1 Å². The van der Waals surface area contributed by atoms with Crippen molar-refractivity contribution in [3.05, 3.63) is 81.6 Å². The fourth-order valence-corrected chi connectivity index (χ4v) is 3.84. The van der Waals surface area contributed by atoms with Gasteiger partial charge in [-0.15, -0.1) is 0 Å². The van der Waals surface area contributed by atoms with E-state index in [0.29, 0.717) is 16.6 Å². The third-order valence-corrected chi connectivity index (χ3v) is 5.65. The first-order valence-electron chi connectivity index (χ1n) is 10.8. The number of aromatic nitrogens is 2. The second kappa shape index (κ2) is 10.8. The standard InChI is InChI=1S/C24H25ClN6O3/c1-34-21-7-2-4-18(14-21)16-26-27-23(32)17-31-24(33)9-8-22(28-31)30-12-10-29(11-13-30)20-6-3-5-19(25)15-20/h2-9,14-16H,10-13,17H2,1H3,(H,27,32)/b26-16+. The van der Waals surface area contributed by atoms with Crippen LogP contribution in [0.2, 0.25) is 5.02 Å². The fraction of sp³-hybridized carbons (Fsp3) is 0.250. The van der Waals surface area contributed by atoms with Crippen molar-refractivity contribution in [3.63, 3.8) is 0 Å². The second-order valence-corrected chi connectivity index (χ2v) is 8.15. The molecule has 1 amide bonds. The number of piperazine rings is 1. The van der Waals surface area contributed by atoms with Crippen LogP contribution in [0.4, 0.5) is 11.5 Å². The van der Waals surface area contributed by atoms with E-state index >= 15 is 0 Å². The molecule has 34 heavy (non-hydrogen) atoms. The molecule has 4 rings (SSSR count). The van der Waals surface area contributed by atoms with Gasteiger partial charge in [-0.3, -0.25) is 9.59 Å². The highest BCUT2D eigenvalue weighted by molar-refractivity contribution is 6.30. The monoisotopic (exact) mass is 480 g/mol. The molecule has 3 aromatic rings. The first-order chi connectivity index (χ1) is 16.5. The van der Waals surface area contributed by atoms with Crippen molar-refractivity contribution in [1.82, 2.24) is 15.2 Å². The second-order valence-electron chi connectivity index (χ2n) is 7.71. The van der Waals surface area contributed by atoms with Crippen LogP contribution in [-0.2, 0) is 11.3 Å². The summed E-state index contributed by atoms with van der Waals surface area (Å²) in [5.41, 5.74) is 3.93. The predicted molar refractivity (Wildman–Crippen MR) is 133 cm³/mol. The van der Waals surface area contributed by atoms with Crippen molar-refractivity contribution in [2.24, 2.45) is 5.10 Å². The summed E-state index contributed by atoms with van der Waals surface area (Å²) in [4.78, 5) is 28.9. The molecule has 9 nitrogen and oxygen atoms in total. The van der Waals surface area contributed by atoms with E-state index in [-0.39, 0.29) is 12.1 Å². The Bertz CT molecular complexity index is 1240. The molecule has 0 aliphatic carbocycles. The summed E-state index contributed by atoms with van der Waals surface area (Å²) in [6.07, 6.45) is 1.51. The van der Waals surface area contributed by atoms with E-state index in [9.17, 15) is 9.59 Å². The van der Waals surface area contributed by atoms with E-state index in [0.717, 1.165) is 42.1 Å². The SMILES string of the molecule is COc1cccc(/C=N/NC(=O)Cn2nc(N3CCN(c4cccc(Cl)c4)CC3)ccc2=O)c1. The Morgan fingerprint density at radius 1 is 1.09 bits per heavy atom. The van der Waals surface area contributed by atoms with Crippen molar-refractivity contribution >= 4 is 35.2 Å². The number of halogens is 1. The molecule has 176 valence electrons. The summed E-state index contributed by atoms with van der Waals surface area (Å²) in [7, 11) is 1.58. The van der Waals surface area contributed by atoms with Gasteiger partial charge in [0.15, 0.2) is 0 Å². The highest BCUT2D eigenvalue weighted by Gasteiger charge is 2.19. The molecule has 1 fully saturated rings. The first-order valence-corrected chi connectivity index (χ1v) is 11.2. The van der Waals surface area contributed by atoms with Crippen LogP contribution < -0.4 is 25.5 Å². The van der Waals surface area contributed by atoms with Crippen molar-refractivity contribution < 1.29 is 9.53 Å². The minimum Gasteiger partial charge on any atom is -0.497 e. The lowest BCUT2D eigenvalue weighted by molar-refractivity contribution is -0.121. The van der Waals surface area contributed by atoms with Crippen LogP contribution in [0.5, 0.6) is 5.75 Å². The molecule has 1 aromatic heterocycles. The van der Waals surface area contributed by atoms with Crippen molar-refractivity contribution in [2.75, 3.05) is 43.1 Å². The maximum absolute atomic E-state index is 12.3. The molecular formula is C24H25ClN6O3. The highest BCUT2D eigenvalue weighted by Crippen LogP contribution is 2.22. The van der Waals surface area contributed by atoms with Crippen molar-refractivity contribution in [1.29, 1.82) is 0 Å². The number of hydrazone groups is 1. The molecule has 1 aliphatic rings. The van der Waals surface area contributed by atoms with Gasteiger partial charge in [0.05, 0.1) is 13.3 Å². The van der Waals surface area contributed by atoms with Gasteiger partial charge in [-0.05, 0) is 42.0 Å². The average molecular weight is 481 g/mol. The predicted octanol–water partition coefficient (Wildman–Crippen LogP) is 2.38. The lowest BCUT2D eigenvalue weighted by Crippen LogP contribution is -2.47. The molecule has 0 saturated carbocycles. The number of rotatable bonds is 7. The Balaban J connectivity index is 1.35. The molecule has 0 spiro atoms. The highest BCUT2D eigenvalue weighted by atomic mass is 35.5. The summed E-state index contributed by atoms with van der Waals surface area (Å²) in [5, 5.41) is 9.06. The van der Waals surface area contributed by atoms with E-state index in [2.05, 4.69) is 25.4 Å². The number of benzene rings is 2. The number of carbonyl (C=O) groups is 1. The first kappa shape index (κ1) is 23.3. The molecule has 1 aliphatic heterocycles. The summed E-state index contributed by atoms with van der Waals surface area (Å²) < 4.78 is 6.31. The van der Waals surface area contributed by atoms with Gasteiger partial charge in [0.1, 0.15) is 18.1 Å². The molecule has 1 saturated heterocycles. The molecule has 2 heterocycles. The van der Waals surface area contributed by atoms with E-state index < -0.39 is 5.91 Å². The Kier molecular flexibility index (Phi) is 7.44. The lowest BCUT2D eigenvalue weighted by atomic mass is 10.2. The zero-order valence-corrected chi connectivity index (χ0v) is 19.5. The number of ether oxygens (including phenoxy) is 1. The quantitative estimate of drug-likeness (QED) is 0.412. The lowest BCUT2D eigenvalue weighted by Gasteiger charge is -2.36. The van der Waals surface area contributed by atoms with Crippen LogP contribution in [0, 0.1) is 0 Å². The third kappa shape index (κ3) is 5.93. The maximum Gasteiger partial charge on any atom is 0.267 e. The van der Waals surface area contributed by atoms with E-state index in [1.807, 2.05) is 42.5 Å². The zero-order chi connectivity index (χ0) is 23.9. The van der Waals surface area contributed by atoms with E-state index in [1.165, 1.54) is 12.3 Å². The minimum absolute atomic E-state index is 0.232. The van der Waals surface area contributed by atoms with Gasteiger partial charge in [-0.1, -0.05) is 29.8 Å². The number of hydrogen-bond donors (Lipinski definition) is 1. The van der Waals surface area contributed by atoms with Gasteiger partial charge < -0.3 is 14.5 Å². The smallest absolute Gasteiger partial charge is 0.267 e. The van der Waals surface area contributed by atoms with Crippen LogP contribution in [0.25, 0.3) is 0 Å². The maximum atomic E-state index is 12.3. The number of nitrogens with zero attached hydrogens (tertiary/aromatic N) is 5. The molecule has 0 unspecified atom stereocenters. The van der Waals surface area contributed by atoms with Gasteiger partial charge in [-0.2, -0.15) is 10.2 Å². The summed E-state index contributed by atoms with van der Waals surface area (Å²) in [6.45, 7) is 2.81. The Morgan fingerprint density at radius 3 is 2.62 bits per heavy atom. The Morgan fingerprint density at radius 2 is 1.85 bits per heavy atom. The molecular weight excluding hydrogens is 456 g/mol. The third-order valence-electron chi connectivity index (χ3n) is 5.42. The van der Waals surface area contributed by atoms with Gasteiger partial charge in [0, 0.05) is 43.0 Å². The van der Waals surface area contributed by atoms with Crippen molar-refractivity contribution in [2.45, 2.75) is 6.54 Å². The largest absolute Gasteiger partial charge is 0.497 e. The van der Waals surface area contributed by atoms with E-state index in [1.54, 1.807) is 19.2 Å². The number of nitrogens with one attached hydrogen (secondary N) is 1. The van der Waals surface area contributed by atoms with Crippen LogP contribution in [0.15, 0.2) is 70.6 Å². The zero-order valence-electron chi connectivity index (χ0n) is 18.7. The number of carbonyl (C=O) groups excluding carboxylic acids is 1. The molecule has 0 bridgehead atoms. The summed E-state index contributed by atoms with van der Waals surface area (Å²) in [6, 6.07) is 18.2. The van der Waals surface area contributed by atoms with Gasteiger partial charge in [0.25, 0.3) is 11.5 Å². The molecule has 1 N–H and O–H groups in total. The van der Waals surface area contributed by atoms with E-state index in [4.69, 9.17) is 16.3 Å². The minimum atomic E-state index is -0.448. The van der Waals surface area contributed by atoms with Gasteiger partial charge >= 0.3 is 0 Å². The molecule has 10 heteroatoms. The van der Waals surface area contributed by atoms with Gasteiger partial charge in [0.2, 0.25) is 0 Å². The van der Waals surface area contributed by atoms with Crippen LogP contribution in [0.1, 0.15) is 5.56 Å². The number of hydrogen-bond acceptors (Lipinski definition) is 7. The number of amides is 1. The number of methoxy groups -OCH3 is 1. The van der Waals surface area contributed by atoms with Crippen molar-refractivity contribution in [3.8, 4) is 5.75 Å². The normalized spacial score (nSPS) is 13.8. The molecule has 0 atom stereocenters. The van der Waals surface area contributed by atoms with Crippen LogP contribution in [-0.4, -0.2) is 55.2 Å². The number of anilines is 2.